The van der Waals surface area contributed by atoms with Gasteiger partial charge in [-0.15, -0.1) is 0 Å². The first kappa shape index (κ1) is 9.64. The average Bonchev–Trinajstić information content (AvgIpc) is 0.918. The van der Waals surface area contributed by atoms with Crippen LogP contribution in [0.2, 0.25) is 0 Å². The molecule has 0 aliphatic heterocycles. The van der Waals surface area contributed by atoms with Gasteiger partial charge in [-0.3, -0.25) is 0 Å². The van der Waals surface area contributed by atoms with E-state index < -0.39 is 0 Å². The number of halogens is 2. The van der Waals surface area contributed by atoms with Crippen molar-refractivity contribution in [2.75, 3.05) is 0 Å². The maximum absolute atomic E-state index is 3.88. The van der Waals surface area contributed by atoms with E-state index in [0.29, 0.717) is 0 Å². The van der Waals surface area contributed by atoms with Gasteiger partial charge in [0.2, 0.25) is 0 Å². The Morgan fingerprint density at radius 1 is 1.50 bits per heavy atom. The van der Waals surface area contributed by atoms with Crippen LogP contribution in [0, 0.1) is 0 Å². The molecule has 0 N–H and O–H groups in total. The molecular formula is H2Br2OSr. The first-order valence-electron chi connectivity index (χ1n) is 0.309. The van der Waals surface area contributed by atoms with E-state index in [9.17, 15) is 0 Å². The maximum Gasteiger partial charge on any atom is 2.00 e. The summed E-state index contributed by atoms with van der Waals surface area (Å²) in [6.45, 7) is 0. The van der Waals surface area contributed by atoms with Crippen LogP contribution in [-0.4, -0.2) is 45.5 Å². The molecule has 0 spiro atoms. The molecule has 0 unspecified atom stereocenters. The first-order valence-corrected chi connectivity index (χ1v) is 1.60. The van der Waals surface area contributed by atoms with Crippen molar-refractivity contribution in [2.45, 2.75) is 0 Å². The molecule has 0 amide bonds. The van der Waals surface area contributed by atoms with Crippen molar-refractivity contribution >= 4 is 78.0 Å². The minimum atomic E-state index is 0. The van der Waals surface area contributed by atoms with Crippen molar-refractivity contribution in [1.29, 1.82) is 0 Å². The normalized spacial score (nSPS) is 4.50. The molecule has 0 saturated carbocycles. The zero-order valence-electron chi connectivity index (χ0n) is 3.87. The molecule has 0 aliphatic rings. The number of rotatable bonds is 0. The Kier molecular flexibility index (Phi) is 21.8. The standard InChI is InChI=1S/Br2O.Sr.2H/c1-3-2;;;/q;+2;2*-1. The molecule has 4 heteroatoms. The fraction of sp³-hybridized carbons (Fsp3) is 0. The molecule has 0 aromatic carbocycles. The van der Waals surface area contributed by atoms with Crippen molar-refractivity contribution in [1.82, 2.24) is 0 Å². The Morgan fingerprint density at radius 3 is 1.50 bits per heavy atom. The minimum Gasteiger partial charge on any atom is -1.00 e. The van der Waals surface area contributed by atoms with Gasteiger partial charge in [0.25, 0.3) is 0 Å². The SMILES string of the molecule is BrOBr.[H-].[H-].[Sr+2]. The van der Waals surface area contributed by atoms with Gasteiger partial charge < -0.3 is 2.85 Å². The molecule has 0 aliphatic carbocycles. The molecule has 24 valence electrons. The Morgan fingerprint density at radius 2 is 1.50 bits per heavy atom. The summed E-state index contributed by atoms with van der Waals surface area (Å²) in [6.07, 6.45) is 0. The summed E-state index contributed by atoms with van der Waals surface area (Å²) in [7, 11) is 0. The van der Waals surface area contributed by atoms with Crippen LogP contribution in [0.3, 0.4) is 0 Å². The second-order valence-electron chi connectivity index (χ2n) is 0.0583. The van der Waals surface area contributed by atoms with Crippen LogP contribution in [-0.2, 0) is 2.92 Å². The molecule has 0 heterocycles. The van der Waals surface area contributed by atoms with Crippen LogP contribution in [0.4, 0.5) is 0 Å². The van der Waals surface area contributed by atoms with Crippen molar-refractivity contribution in [2.24, 2.45) is 0 Å². The molecule has 0 aromatic rings. The monoisotopic (exact) mass is 264 g/mol. The van der Waals surface area contributed by atoms with Crippen molar-refractivity contribution in [3.05, 3.63) is 0 Å². The van der Waals surface area contributed by atoms with Crippen molar-refractivity contribution in [3.63, 3.8) is 0 Å². The Labute approximate surface area is 82.2 Å². The second-order valence-corrected chi connectivity index (χ2v) is 1.57. The van der Waals surface area contributed by atoms with Gasteiger partial charge in [0.05, 0.1) is 0 Å². The van der Waals surface area contributed by atoms with Gasteiger partial charge in [0.1, 0.15) is 32.5 Å². The van der Waals surface area contributed by atoms with Crippen molar-refractivity contribution in [3.8, 4) is 0 Å². The van der Waals surface area contributed by atoms with E-state index in [2.05, 4.69) is 35.4 Å². The molecule has 0 fully saturated rings. The van der Waals surface area contributed by atoms with Gasteiger partial charge in [-0.2, -0.15) is 0 Å². The molecular weight excluding hydrogens is 263 g/mol. The Bertz CT molecular complexity index is 11.5. The van der Waals surface area contributed by atoms with Gasteiger partial charge in [-0.25, -0.2) is 2.92 Å². The fourth-order valence-electron chi connectivity index (χ4n) is 0. The third kappa shape index (κ3) is 8.83. The van der Waals surface area contributed by atoms with E-state index >= 15 is 0 Å². The van der Waals surface area contributed by atoms with Crippen LogP contribution < -0.4 is 0 Å². The molecule has 0 rings (SSSR count). The minimum absolute atomic E-state index is 0. The number of hydrogen-bond donors (Lipinski definition) is 0. The molecule has 0 aromatic heterocycles. The van der Waals surface area contributed by atoms with Gasteiger partial charge in [-0.1, -0.05) is 0 Å². The quantitative estimate of drug-likeness (QED) is 0.603. The van der Waals surface area contributed by atoms with Crippen LogP contribution >= 0.6 is 32.5 Å². The predicted octanol–water partition coefficient (Wildman–Crippen LogP) is 1.47. The van der Waals surface area contributed by atoms with E-state index in [4.69, 9.17) is 0 Å². The fourth-order valence-corrected chi connectivity index (χ4v) is 0. The van der Waals surface area contributed by atoms with E-state index in [1.807, 2.05) is 0 Å². The molecule has 0 radical (unpaired) electrons. The Balaban J connectivity index is -0.00000000667. The van der Waals surface area contributed by atoms with Crippen LogP contribution in [0.1, 0.15) is 2.85 Å². The summed E-state index contributed by atoms with van der Waals surface area (Å²) in [5.41, 5.74) is 0. The number of hydrogen-bond acceptors (Lipinski definition) is 1. The first-order chi connectivity index (χ1) is 1.41. The van der Waals surface area contributed by atoms with E-state index in [1.54, 1.807) is 0 Å². The third-order valence-electron chi connectivity index (χ3n) is 0. The molecule has 0 atom stereocenters. The Hall–Kier alpha value is 2.40. The topological polar surface area (TPSA) is 9.23 Å². The summed E-state index contributed by atoms with van der Waals surface area (Å²) in [5, 5.41) is 0. The van der Waals surface area contributed by atoms with Crippen LogP contribution in [0.5, 0.6) is 0 Å². The van der Waals surface area contributed by atoms with Gasteiger partial charge in [-0.05, 0) is 0 Å². The summed E-state index contributed by atoms with van der Waals surface area (Å²) < 4.78 is 3.88. The second kappa shape index (κ2) is 9.04. The third-order valence-corrected chi connectivity index (χ3v) is 0. The summed E-state index contributed by atoms with van der Waals surface area (Å²) in [6, 6.07) is 0. The van der Waals surface area contributed by atoms with Gasteiger partial charge >= 0.3 is 45.5 Å². The maximum atomic E-state index is 3.88. The smallest absolute Gasteiger partial charge is 1.00 e. The largest absolute Gasteiger partial charge is 2.00 e. The van der Waals surface area contributed by atoms with Crippen LogP contribution in [0.25, 0.3) is 0 Å². The summed E-state index contributed by atoms with van der Waals surface area (Å²) in [4.78, 5) is 0. The molecule has 4 heavy (non-hydrogen) atoms. The van der Waals surface area contributed by atoms with E-state index in [0.717, 1.165) is 0 Å². The van der Waals surface area contributed by atoms with Crippen molar-refractivity contribution < 1.29 is 5.77 Å². The molecule has 0 saturated heterocycles. The van der Waals surface area contributed by atoms with E-state index in [1.165, 1.54) is 0 Å². The zero-order valence-corrected chi connectivity index (χ0v) is 8.52. The van der Waals surface area contributed by atoms with Crippen LogP contribution in [0.15, 0.2) is 0 Å². The zero-order chi connectivity index (χ0) is 2.71. The molecule has 1 nitrogen and oxygen atoms in total. The summed E-state index contributed by atoms with van der Waals surface area (Å²) >= 11 is 5.12. The summed E-state index contributed by atoms with van der Waals surface area (Å²) in [5.74, 6) is 0. The van der Waals surface area contributed by atoms with Gasteiger partial charge in [0, 0.05) is 0 Å². The van der Waals surface area contributed by atoms with Gasteiger partial charge in [0.15, 0.2) is 0 Å². The predicted molar refractivity (Wildman–Crippen MR) is 26.9 cm³/mol. The molecule has 0 bridgehead atoms. The average molecular weight is 265 g/mol. The van der Waals surface area contributed by atoms with E-state index in [-0.39, 0.29) is 48.3 Å².